The molecule has 2 aromatic rings. The van der Waals surface area contributed by atoms with Crippen molar-refractivity contribution in [3.05, 3.63) is 47.7 Å². The third-order valence-corrected chi connectivity index (χ3v) is 2.93. The molecule has 19 heavy (non-hydrogen) atoms. The van der Waals surface area contributed by atoms with Crippen LogP contribution in [0, 0.1) is 6.92 Å². The van der Waals surface area contributed by atoms with Crippen molar-refractivity contribution in [3.8, 4) is 11.5 Å². The third-order valence-electron chi connectivity index (χ3n) is 2.93. The number of nitrogens with zero attached hydrogens (tertiary/aromatic N) is 1. The first-order chi connectivity index (χ1) is 8.86. The molecule has 0 unspecified atom stereocenters. The topological polar surface area (TPSA) is 48.1 Å². The molecule has 3 heteroatoms. The molecule has 0 aliphatic heterocycles. The van der Waals surface area contributed by atoms with Crippen LogP contribution >= 0.6 is 0 Å². The average Bonchev–Trinajstić information content (AvgIpc) is 2.27. The molecule has 0 fully saturated rings. The monoisotopic (exact) mass is 256 g/mol. The van der Waals surface area contributed by atoms with Gasteiger partial charge in [-0.05, 0) is 30.0 Å². The van der Waals surface area contributed by atoms with Gasteiger partial charge in [-0.25, -0.2) is 4.98 Å². The fraction of sp³-hybridized carbons (Fsp3) is 0.312. The molecule has 0 saturated heterocycles. The third kappa shape index (κ3) is 3.25. The highest BCUT2D eigenvalue weighted by Gasteiger charge is 2.19. The van der Waals surface area contributed by atoms with E-state index >= 15 is 0 Å². The second-order valence-corrected chi connectivity index (χ2v) is 5.77. The van der Waals surface area contributed by atoms with Gasteiger partial charge in [0.25, 0.3) is 0 Å². The first kappa shape index (κ1) is 13.4. The van der Waals surface area contributed by atoms with Crippen LogP contribution in [-0.4, -0.2) is 4.98 Å². The van der Waals surface area contributed by atoms with Gasteiger partial charge in [-0.2, -0.15) is 0 Å². The summed E-state index contributed by atoms with van der Waals surface area (Å²) in [6.45, 7) is 8.57. The van der Waals surface area contributed by atoms with E-state index in [1.807, 2.05) is 6.07 Å². The van der Waals surface area contributed by atoms with E-state index in [1.165, 1.54) is 11.1 Å². The molecule has 2 N–H and O–H groups in total. The largest absolute Gasteiger partial charge is 0.457 e. The van der Waals surface area contributed by atoms with Crippen LogP contribution in [0.1, 0.15) is 31.9 Å². The number of hydrogen-bond acceptors (Lipinski definition) is 3. The molecule has 0 radical (unpaired) electrons. The number of benzene rings is 1. The van der Waals surface area contributed by atoms with E-state index in [9.17, 15) is 0 Å². The van der Waals surface area contributed by atoms with Crippen LogP contribution < -0.4 is 10.5 Å². The van der Waals surface area contributed by atoms with Gasteiger partial charge in [0.1, 0.15) is 17.3 Å². The fourth-order valence-electron chi connectivity index (χ4n) is 1.95. The maximum absolute atomic E-state index is 5.98. The summed E-state index contributed by atoms with van der Waals surface area (Å²) in [5.74, 6) is 2.05. The number of nitrogen functional groups attached to an aromatic ring is 1. The van der Waals surface area contributed by atoms with Gasteiger partial charge in [-0.3, -0.25) is 0 Å². The zero-order valence-corrected chi connectivity index (χ0v) is 11.9. The summed E-state index contributed by atoms with van der Waals surface area (Å²) in [5, 5.41) is 0. The van der Waals surface area contributed by atoms with Gasteiger partial charge in [0.2, 0.25) is 0 Å². The Bertz CT molecular complexity index is 586. The van der Waals surface area contributed by atoms with E-state index in [-0.39, 0.29) is 5.41 Å². The number of hydrogen-bond donors (Lipinski definition) is 1. The highest BCUT2D eigenvalue weighted by atomic mass is 16.5. The number of anilines is 1. The maximum atomic E-state index is 5.98. The lowest BCUT2D eigenvalue weighted by atomic mass is 9.86. The summed E-state index contributed by atoms with van der Waals surface area (Å²) in [6, 6.07) is 9.82. The molecule has 100 valence electrons. The summed E-state index contributed by atoms with van der Waals surface area (Å²) in [5.41, 5.74) is 8.05. The molecule has 2 rings (SSSR count). The Morgan fingerprint density at radius 1 is 1.11 bits per heavy atom. The minimum absolute atomic E-state index is 0.0294. The molecule has 1 aromatic carbocycles. The fourth-order valence-corrected chi connectivity index (χ4v) is 1.95. The van der Waals surface area contributed by atoms with Gasteiger partial charge in [0.15, 0.2) is 0 Å². The summed E-state index contributed by atoms with van der Waals surface area (Å²) in [4.78, 5) is 3.97. The Kier molecular flexibility index (Phi) is 3.47. The van der Waals surface area contributed by atoms with Crippen molar-refractivity contribution in [3.63, 3.8) is 0 Å². The predicted octanol–water partition coefficient (Wildman–Crippen LogP) is 4.06. The maximum Gasteiger partial charge on any atom is 0.132 e. The number of aryl methyl sites for hydroxylation is 1. The molecular formula is C16H20N2O. The van der Waals surface area contributed by atoms with Crippen LogP contribution in [0.4, 0.5) is 5.82 Å². The van der Waals surface area contributed by atoms with E-state index in [2.05, 4.69) is 50.9 Å². The number of nitrogens with two attached hydrogens (primary N) is 1. The molecule has 1 aromatic heterocycles. The zero-order valence-electron chi connectivity index (χ0n) is 11.9. The second-order valence-electron chi connectivity index (χ2n) is 5.77. The lowest BCUT2D eigenvalue weighted by Gasteiger charge is -2.23. The number of ether oxygens (including phenoxy) is 1. The Morgan fingerprint density at radius 3 is 2.47 bits per heavy atom. The quantitative estimate of drug-likeness (QED) is 0.881. The standard InChI is InChI=1S/C16H20N2O/c1-11-5-6-13(16(2,3)4)14(9-11)19-12-7-8-18-15(17)10-12/h5-10H,1-4H3,(H2,17,18). The Morgan fingerprint density at radius 2 is 1.84 bits per heavy atom. The molecule has 0 spiro atoms. The molecule has 3 nitrogen and oxygen atoms in total. The normalized spacial score (nSPS) is 11.4. The van der Waals surface area contributed by atoms with Crippen molar-refractivity contribution in [2.24, 2.45) is 0 Å². The van der Waals surface area contributed by atoms with Crippen molar-refractivity contribution < 1.29 is 4.74 Å². The second kappa shape index (κ2) is 4.92. The predicted molar refractivity (Wildman–Crippen MR) is 78.6 cm³/mol. The summed E-state index contributed by atoms with van der Waals surface area (Å²) in [7, 11) is 0. The van der Waals surface area contributed by atoms with Crippen molar-refractivity contribution in [2.75, 3.05) is 5.73 Å². The summed E-state index contributed by atoms with van der Waals surface area (Å²) >= 11 is 0. The highest BCUT2D eigenvalue weighted by Crippen LogP contribution is 2.34. The van der Waals surface area contributed by atoms with Crippen LogP contribution in [0.25, 0.3) is 0 Å². The Hall–Kier alpha value is -2.03. The smallest absolute Gasteiger partial charge is 0.132 e. The van der Waals surface area contributed by atoms with Crippen LogP contribution in [0.5, 0.6) is 11.5 Å². The van der Waals surface area contributed by atoms with E-state index in [1.54, 1.807) is 12.3 Å². The molecule has 0 bridgehead atoms. The zero-order chi connectivity index (χ0) is 14.0. The van der Waals surface area contributed by atoms with Crippen LogP contribution in [0.3, 0.4) is 0 Å². The van der Waals surface area contributed by atoms with E-state index in [4.69, 9.17) is 10.5 Å². The Labute approximate surface area is 114 Å². The lowest BCUT2D eigenvalue weighted by Crippen LogP contribution is -2.12. The number of aromatic nitrogens is 1. The van der Waals surface area contributed by atoms with Gasteiger partial charge in [-0.15, -0.1) is 0 Å². The van der Waals surface area contributed by atoms with Crippen molar-refractivity contribution >= 4 is 5.82 Å². The molecule has 0 aliphatic rings. The van der Waals surface area contributed by atoms with Crippen LogP contribution in [0.2, 0.25) is 0 Å². The van der Waals surface area contributed by atoms with Gasteiger partial charge in [0.05, 0.1) is 0 Å². The SMILES string of the molecule is Cc1ccc(C(C)(C)C)c(Oc2ccnc(N)c2)c1. The van der Waals surface area contributed by atoms with Gasteiger partial charge < -0.3 is 10.5 Å². The molecular weight excluding hydrogens is 236 g/mol. The average molecular weight is 256 g/mol. The van der Waals surface area contributed by atoms with Crippen molar-refractivity contribution in [1.82, 2.24) is 4.98 Å². The van der Waals surface area contributed by atoms with Gasteiger partial charge in [-0.1, -0.05) is 32.9 Å². The molecule has 0 saturated carbocycles. The van der Waals surface area contributed by atoms with E-state index in [0.29, 0.717) is 11.6 Å². The first-order valence-electron chi connectivity index (χ1n) is 6.37. The van der Waals surface area contributed by atoms with Crippen molar-refractivity contribution in [1.29, 1.82) is 0 Å². The van der Waals surface area contributed by atoms with E-state index in [0.717, 1.165) is 5.75 Å². The summed E-state index contributed by atoms with van der Waals surface area (Å²) < 4.78 is 5.98. The molecule has 0 amide bonds. The minimum atomic E-state index is 0.0294. The van der Waals surface area contributed by atoms with E-state index < -0.39 is 0 Å². The molecule has 0 atom stereocenters. The molecule has 0 aliphatic carbocycles. The number of pyridine rings is 1. The van der Waals surface area contributed by atoms with Gasteiger partial charge >= 0.3 is 0 Å². The minimum Gasteiger partial charge on any atom is -0.457 e. The molecule has 1 heterocycles. The summed E-state index contributed by atoms with van der Waals surface area (Å²) in [6.07, 6.45) is 1.65. The lowest BCUT2D eigenvalue weighted by molar-refractivity contribution is 0.454. The Balaban J connectivity index is 2.41. The number of rotatable bonds is 2. The van der Waals surface area contributed by atoms with Crippen LogP contribution in [-0.2, 0) is 5.41 Å². The first-order valence-corrected chi connectivity index (χ1v) is 6.37. The van der Waals surface area contributed by atoms with Crippen molar-refractivity contribution in [2.45, 2.75) is 33.1 Å². The van der Waals surface area contributed by atoms with Crippen LogP contribution in [0.15, 0.2) is 36.5 Å². The highest BCUT2D eigenvalue weighted by molar-refractivity contribution is 5.45. The van der Waals surface area contributed by atoms with Gasteiger partial charge in [0, 0.05) is 17.8 Å².